The molecule has 1 atom stereocenters. The van der Waals surface area contributed by atoms with Crippen LogP contribution in [0.25, 0.3) is 0 Å². The van der Waals surface area contributed by atoms with Crippen molar-refractivity contribution in [1.29, 1.82) is 0 Å². The zero-order chi connectivity index (χ0) is 12.2. The number of likely N-dealkylation sites (N-methyl/N-ethyl adjacent to an activating group) is 1. The minimum Gasteiger partial charge on any atom is -0.368 e. The Morgan fingerprint density at radius 2 is 1.94 bits per heavy atom. The zero-order valence-electron chi connectivity index (χ0n) is 9.59. The molecule has 0 radical (unpaired) electrons. The molecule has 1 unspecified atom stereocenters. The molecule has 0 aliphatic rings. The Balaban J connectivity index is 3.18. The summed E-state index contributed by atoms with van der Waals surface area (Å²) in [7, 11) is 0. The van der Waals surface area contributed by atoms with E-state index in [1.54, 1.807) is 0 Å². The quantitative estimate of drug-likeness (QED) is 0.871. The van der Waals surface area contributed by atoms with Crippen LogP contribution in [0.1, 0.15) is 25.8 Å². The molecule has 1 rings (SSSR count). The number of hydrogen-bond donors (Lipinski definition) is 2. The highest BCUT2D eigenvalue weighted by Crippen LogP contribution is 2.26. The van der Waals surface area contributed by atoms with E-state index in [0.29, 0.717) is 13.0 Å². The maximum Gasteiger partial charge on any atom is 0.242 e. The second-order valence-electron chi connectivity index (χ2n) is 3.66. The Labute approximate surface area is 105 Å². The molecule has 0 bridgehead atoms. The number of rotatable bonds is 5. The molecule has 0 saturated heterocycles. The van der Waals surface area contributed by atoms with E-state index in [2.05, 4.69) is 21.2 Å². The molecular formula is C12H17BrN2O. The number of amides is 1. The summed E-state index contributed by atoms with van der Waals surface area (Å²) in [6.45, 7) is 4.62. The van der Waals surface area contributed by atoms with Gasteiger partial charge in [-0.2, -0.15) is 0 Å². The number of carbonyl (C=O) groups excluding carboxylic acids is 1. The van der Waals surface area contributed by atoms with E-state index in [4.69, 9.17) is 5.73 Å². The van der Waals surface area contributed by atoms with Crippen LogP contribution in [-0.2, 0) is 10.3 Å². The van der Waals surface area contributed by atoms with Crippen LogP contribution in [0.5, 0.6) is 0 Å². The van der Waals surface area contributed by atoms with Gasteiger partial charge >= 0.3 is 0 Å². The molecule has 1 aromatic rings. The van der Waals surface area contributed by atoms with Crippen LogP contribution in [0, 0.1) is 0 Å². The first-order chi connectivity index (χ1) is 7.56. The van der Waals surface area contributed by atoms with Gasteiger partial charge < -0.3 is 5.73 Å². The number of hydrogen-bond acceptors (Lipinski definition) is 2. The van der Waals surface area contributed by atoms with Gasteiger partial charge in [-0.25, -0.2) is 0 Å². The van der Waals surface area contributed by atoms with Gasteiger partial charge in [-0.15, -0.1) is 0 Å². The van der Waals surface area contributed by atoms with Gasteiger partial charge in [-0.3, -0.25) is 10.1 Å². The lowest BCUT2D eigenvalue weighted by atomic mass is 9.86. The average Bonchev–Trinajstić information content (AvgIpc) is 2.27. The predicted octanol–water partition coefficient (Wildman–Crippen LogP) is 2.15. The first kappa shape index (κ1) is 13.2. The molecule has 4 heteroatoms. The normalized spacial score (nSPS) is 14.4. The van der Waals surface area contributed by atoms with Crippen LogP contribution < -0.4 is 11.1 Å². The maximum atomic E-state index is 11.7. The number of nitrogens with two attached hydrogens (primary N) is 1. The molecule has 0 aliphatic carbocycles. The van der Waals surface area contributed by atoms with E-state index in [1.165, 1.54) is 0 Å². The standard InChI is InChI=1S/C12H17BrN2O/c1-3-12(11(14)16,15-4-2)9-5-7-10(13)8-6-9/h5-8,15H,3-4H2,1-2H3,(H2,14,16). The monoisotopic (exact) mass is 284 g/mol. The molecular weight excluding hydrogens is 268 g/mol. The third kappa shape index (κ3) is 2.44. The summed E-state index contributed by atoms with van der Waals surface area (Å²) in [6.07, 6.45) is 0.637. The molecule has 16 heavy (non-hydrogen) atoms. The number of nitrogens with one attached hydrogen (secondary N) is 1. The topological polar surface area (TPSA) is 55.1 Å². The number of halogens is 1. The van der Waals surface area contributed by atoms with Gasteiger partial charge in [-0.05, 0) is 30.7 Å². The van der Waals surface area contributed by atoms with Crippen LogP contribution in [0.2, 0.25) is 0 Å². The first-order valence-corrected chi connectivity index (χ1v) is 6.17. The largest absolute Gasteiger partial charge is 0.368 e. The van der Waals surface area contributed by atoms with E-state index in [-0.39, 0.29) is 5.91 Å². The Bertz CT molecular complexity index is 364. The van der Waals surface area contributed by atoms with Gasteiger partial charge in [0.1, 0.15) is 5.54 Å². The molecule has 0 saturated carbocycles. The van der Waals surface area contributed by atoms with Crippen molar-refractivity contribution < 1.29 is 4.79 Å². The Hall–Kier alpha value is -0.870. The van der Waals surface area contributed by atoms with Crippen LogP contribution >= 0.6 is 15.9 Å². The Morgan fingerprint density at radius 1 is 1.38 bits per heavy atom. The van der Waals surface area contributed by atoms with E-state index in [1.807, 2.05) is 38.1 Å². The number of carbonyl (C=O) groups is 1. The molecule has 3 nitrogen and oxygen atoms in total. The minimum absolute atomic E-state index is 0.334. The molecule has 1 amide bonds. The number of primary amides is 1. The third-order valence-electron chi connectivity index (χ3n) is 2.77. The van der Waals surface area contributed by atoms with Crippen molar-refractivity contribution in [1.82, 2.24) is 5.32 Å². The molecule has 0 spiro atoms. The van der Waals surface area contributed by atoms with Gasteiger partial charge in [0.2, 0.25) is 5.91 Å². The van der Waals surface area contributed by atoms with E-state index in [9.17, 15) is 4.79 Å². The summed E-state index contributed by atoms with van der Waals surface area (Å²) in [5.41, 5.74) is 5.68. The fraction of sp³-hybridized carbons (Fsp3) is 0.417. The summed E-state index contributed by atoms with van der Waals surface area (Å²) in [5.74, 6) is -0.334. The molecule has 0 aromatic heterocycles. The lowest BCUT2D eigenvalue weighted by Crippen LogP contribution is -2.52. The summed E-state index contributed by atoms with van der Waals surface area (Å²) in [6, 6.07) is 7.67. The second kappa shape index (κ2) is 5.46. The molecule has 88 valence electrons. The van der Waals surface area contributed by atoms with Crippen molar-refractivity contribution in [3.8, 4) is 0 Å². The molecule has 0 aliphatic heterocycles. The lowest BCUT2D eigenvalue weighted by Gasteiger charge is -2.30. The van der Waals surface area contributed by atoms with Crippen molar-refractivity contribution in [2.45, 2.75) is 25.8 Å². The van der Waals surface area contributed by atoms with Gasteiger partial charge in [-0.1, -0.05) is 41.9 Å². The SMILES string of the molecule is CCNC(CC)(C(N)=O)c1ccc(Br)cc1. The fourth-order valence-electron chi connectivity index (χ4n) is 1.87. The van der Waals surface area contributed by atoms with Crippen LogP contribution in [0.3, 0.4) is 0 Å². The zero-order valence-corrected chi connectivity index (χ0v) is 11.2. The minimum atomic E-state index is -0.755. The van der Waals surface area contributed by atoms with Crippen LogP contribution in [0.4, 0.5) is 0 Å². The van der Waals surface area contributed by atoms with Crippen molar-refractivity contribution in [2.75, 3.05) is 6.54 Å². The van der Waals surface area contributed by atoms with E-state index in [0.717, 1.165) is 10.0 Å². The predicted molar refractivity (Wildman–Crippen MR) is 69.0 cm³/mol. The van der Waals surface area contributed by atoms with Crippen molar-refractivity contribution in [3.05, 3.63) is 34.3 Å². The highest BCUT2D eigenvalue weighted by Gasteiger charge is 2.35. The summed E-state index contributed by atoms with van der Waals surface area (Å²) in [4.78, 5) is 11.7. The fourth-order valence-corrected chi connectivity index (χ4v) is 2.14. The first-order valence-electron chi connectivity index (χ1n) is 5.37. The van der Waals surface area contributed by atoms with Crippen molar-refractivity contribution in [2.24, 2.45) is 5.73 Å². The van der Waals surface area contributed by atoms with E-state index >= 15 is 0 Å². The average molecular weight is 285 g/mol. The summed E-state index contributed by atoms with van der Waals surface area (Å²) < 4.78 is 0.988. The summed E-state index contributed by atoms with van der Waals surface area (Å²) in [5, 5.41) is 3.19. The van der Waals surface area contributed by atoms with Crippen LogP contribution in [-0.4, -0.2) is 12.5 Å². The van der Waals surface area contributed by atoms with E-state index < -0.39 is 5.54 Å². The molecule has 1 aromatic carbocycles. The second-order valence-corrected chi connectivity index (χ2v) is 4.58. The van der Waals surface area contributed by atoms with Gasteiger partial charge in [0.25, 0.3) is 0 Å². The highest BCUT2D eigenvalue weighted by atomic mass is 79.9. The maximum absolute atomic E-state index is 11.7. The van der Waals surface area contributed by atoms with Gasteiger partial charge in [0.05, 0.1) is 0 Å². The highest BCUT2D eigenvalue weighted by molar-refractivity contribution is 9.10. The smallest absolute Gasteiger partial charge is 0.242 e. The van der Waals surface area contributed by atoms with Crippen molar-refractivity contribution >= 4 is 21.8 Å². The third-order valence-corrected chi connectivity index (χ3v) is 3.30. The summed E-state index contributed by atoms with van der Waals surface area (Å²) >= 11 is 3.37. The molecule has 3 N–H and O–H groups in total. The van der Waals surface area contributed by atoms with Crippen molar-refractivity contribution in [3.63, 3.8) is 0 Å². The molecule has 0 heterocycles. The van der Waals surface area contributed by atoms with Gasteiger partial charge in [0, 0.05) is 4.47 Å². The Morgan fingerprint density at radius 3 is 2.31 bits per heavy atom. The van der Waals surface area contributed by atoms with Gasteiger partial charge in [0.15, 0.2) is 0 Å². The van der Waals surface area contributed by atoms with Crippen LogP contribution in [0.15, 0.2) is 28.7 Å². The number of benzene rings is 1. The molecule has 0 fully saturated rings. The lowest BCUT2D eigenvalue weighted by molar-refractivity contribution is -0.125. The Kier molecular flexibility index (Phi) is 4.50.